The average molecular weight is 182 g/mol. The lowest BCUT2D eigenvalue weighted by Gasteiger charge is -2.40. The fourth-order valence-corrected chi connectivity index (χ4v) is 2.33. The van der Waals surface area contributed by atoms with Crippen molar-refractivity contribution in [3.05, 3.63) is 0 Å². The largest absolute Gasteiger partial charge is 0.343 e. The molecule has 2 aliphatic rings. The second-order valence-corrected chi connectivity index (χ2v) is 4.26. The number of amides is 1. The van der Waals surface area contributed by atoms with Crippen LogP contribution < -0.4 is 5.32 Å². The van der Waals surface area contributed by atoms with Crippen LogP contribution in [0.2, 0.25) is 0 Å². The van der Waals surface area contributed by atoms with E-state index in [4.69, 9.17) is 0 Å². The van der Waals surface area contributed by atoms with Gasteiger partial charge in [-0.05, 0) is 37.8 Å². The van der Waals surface area contributed by atoms with Crippen LogP contribution in [0.4, 0.5) is 0 Å². The van der Waals surface area contributed by atoms with Crippen molar-refractivity contribution in [3.8, 4) is 0 Å². The van der Waals surface area contributed by atoms with Gasteiger partial charge >= 0.3 is 0 Å². The molecule has 2 saturated heterocycles. The zero-order valence-corrected chi connectivity index (χ0v) is 8.25. The summed E-state index contributed by atoms with van der Waals surface area (Å²) in [6, 6.07) is 0. The van der Waals surface area contributed by atoms with Crippen LogP contribution in [-0.2, 0) is 4.79 Å². The van der Waals surface area contributed by atoms with Crippen molar-refractivity contribution in [2.45, 2.75) is 19.8 Å². The van der Waals surface area contributed by atoms with Crippen molar-refractivity contribution < 1.29 is 4.79 Å². The summed E-state index contributed by atoms with van der Waals surface area (Å²) < 4.78 is 0. The Morgan fingerprint density at radius 1 is 1.23 bits per heavy atom. The van der Waals surface area contributed by atoms with E-state index in [0.717, 1.165) is 24.9 Å². The van der Waals surface area contributed by atoms with Crippen LogP contribution in [0.5, 0.6) is 0 Å². The number of carbonyl (C=O) groups is 1. The van der Waals surface area contributed by atoms with Gasteiger partial charge in [0.25, 0.3) is 0 Å². The van der Waals surface area contributed by atoms with Crippen LogP contribution in [0.3, 0.4) is 0 Å². The summed E-state index contributed by atoms with van der Waals surface area (Å²) in [6.07, 6.45) is 2.43. The highest BCUT2D eigenvalue weighted by atomic mass is 16.2. The minimum absolute atomic E-state index is 0.241. The predicted octanol–water partition coefficient (Wildman–Crippen LogP) is 0.464. The van der Waals surface area contributed by atoms with E-state index in [9.17, 15) is 4.79 Å². The molecule has 2 aliphatic heterocycles. The summed E-state index contributed by atoms with van der Waals surface area (Å²) in [5, 5.41) is 3.31. The first-order valence-electron chi connectivity index (χ1n) is 5.23. The first kappa shape index (κ1) is 9.00. The lowest BCUT2D eigenvalue weighted by molar-refractivity contribution is -0.130. The first-order valence-corrected chi connectivity index (χ1v) is 5.23. The Labute approximate surface area is 79.5 Å². The van der Waals surface area contributed by atoms with E-state index >= 15 is 0 Å². The molecule has 3 heteroatoms. The molecule has 0 aliphatic carbocycles. The summed E-state index contributed by atoms with van der Waals surface area (Å²) in [4.78, 5) is 13.0. The number of nitrogens with one attached hydrogen (secondary N) is 1. The molecule has 3 nitrogen and oxygen atoms in total. The minimum atomic E-state index is 0.241. The minimum Gasteiger partial charge on any atom is -0.343 e. The van der Waals surface area contributed by atoms with Gasteiger partial charge in [-0.15, -0.1) is 0 Å². The maximum absolute atomic E-state index is 11.1. The SMILES string of the molecule is CC(=O)N1CCC(C2CNC2)CC1. The van der Waals surface area contributed by atoms with Crippen LogP contribution in [-0.4, -0.2) is 37.0 Å². The zero-order valence-electron chi connectivity index (χ0n) is 8.25. The molecule has 0 aromatic heterocycles. The molecule has 74 valence electrons. The third-order valence-corrected chi connectivity index (χ3v) is 3.46. The van der Waals surface area contributed by atoms with Crippen molar-refractivity contribution in [1.29, 1.82) is 0 Å². The summed E-state index contributed by atoms with van der Waals surface area (Å²) in [7, 11) is 0. The summed E-state index contributed by atoms with van der Waals surface area (Å²) in [5.41, 5.74) is 0. The number of rotatable bonds is 1. The van der Waals surface area contributed by atoms with Gasteiger partial charge in [0.05, 0.1) is 0 Å². The lowest BCUT2D eigenvalue weighted by Crippen LogP contribution is -2.49. The molecule has 0 aromatic rings. The Balaban J connectivity index is 1.78. The summed E-state index contributed by atoms with van der Waals surface area (Å²) in [5.74, 6) is 2.01. The van der Waals surface area contributed by atoms with Crippen LogP contribution in [0, 0.1) is 11.8 Å². The van der Waals surface area contributed by atoms with E-state index in [0.29, 0.717) is 0 Å². The normalized spacial score (nSPS) is 25.8. The second-order valence-electron chi connectivity index (χ2n) is 4.26. The van der Waals surface area contributed by atoms with Crippen molar-refractivity contribution >= 4 is 5.91 Å². The molecule has 1 amide bonds. The van der Waals surface area contributed by atoms with E-state index in [1.807, 2.05) is 4.90 Å². The van der Waals surface area contributed by atoms with Gasteiger partial charge in [-0.3, -0.25) is 4.79 Å². The summed E-state index contributed by atoms with van der Waals surface area (Å²) >= 11 is 0. The van der Waals surface area contributed by atoms with Crippen molar-refractivity contribution in [2.75, 3.05) is 26.2 Å². The fraction of sp³-hybridized carbons (Fsp3) is 0.900. The van der Waals surface area contributed by atoms with Gasteiger partial charge in [0.1, 0.15) is 0 Å². The molecule has 0 aromatic carbocycles. The molecular formula is C10H18N2O. The van der Waals surface area contributed by atoms with Crippen molar-refractivity contribution in [2.24, 2.45) is 11.8 Å². The van der Waals surface area contributed by atoms with Crippen molar-refractivity contribution in [1.82, 2.24) is 10.2 Å². The number of hydrogen-bond donors (Lipinski definition) is 1. The molecule has 0 radical (unpaired) electrons. The van der Waals surface area contributed by atoms with E-state index in [1.165, 1.54) is 25.9 Å². The molecule has 1 N–H and O–H groups in total. The van der Waals surface area contributed by atoms with Crippen molar-refractivity contribution in [3.63, 3.8) is 0 Å². The maximum Gasteiger partial charge on any atom is 0.219 e. The Morgan fingerprint density at radius 2 is 1.85 bits per heavy atom. The Bertz CT molecular complexity index is 193. The third kappa shape index (κ3) is 1.85. The highest BCUT2D eigenvalue weighted by Crippen LogP contribution is 2.27. The summed E-state index contributed by atoms with van der Waals surface area (Å²) in [6.45, 7) is 6.04. The number of nitrogens with zero attached hydrogens (tertiary/aromatic N) is 1. The molecule has 0 bridgehead atoms. The second kappa shape index (κ2) is 3.66. The molecule has 13 heavy (non-hydrogen) atoms. The predicted molar refractivity (Wildman–Crippen MR) is 51.3 cm³/mol. The van der Waals surface area contributed by atoms with E-state index in [1.54, 1.807) is 6.92 Å². The zero-order chi connectivity index (χ0) is 9.26. The molecule has 2 rings (SSSR count). The third-order valence-electron chi connectivity index (χ3n) is 3.46. The maximum atomic E-state index is 11.1. The molecule has 0 unspecified atom stereocenters. The number of hydrogen-bond acceptors (Lipinski definition) is 2. The lowest BCUT2D eigenvalue weighted by atomic mass is 9.81. The van der Waals surface area contributed by atoms with Gasteiger partial charge in [-0.1, -0.05) is 0 Å². The molecular weight excluding hydrogens is 164 g/mol. The van der Waals surface area contributed by atoms with E-state index in [2.05, 4.69) is 5.32 Å². The Hall–Kier alpha value is -0.570. The molecule has 0 spiro atoms. The van der Waals surface area contributed by atoms with Gasteiger partial charge in [0.2, 0.25) is 5.91 Å². The van der Waals surface area contributed by atoms with Crippen LogP contribution in [0.25, 0.3) is 0 Å². The molecule has 2 fully saturated rings. The van der Waals surface area contributed by atoms with Gasteiger partial charge in [0.15, 0.2) is 0 Å². The number of piperidine rings is 1. The van der Waals surface area contributed by atoms with Gasteiger partial charge in [0, 0.05) is 20.0 Å². The molecule has 0 saturated carbocycles. The van der Waals surface area contributed by atoms with E-state index < -0.39 is 0 Å². The van der Waals surface area contributed by atoms with Crippen LogP contribution in [0.1, 0.15) is 19.8 Å². The molecule has 0 atom stereocenters. The molecule has 2 heterocycles. The quantitative estimate of drug-likeness (QED) is 0.639. The van der Waals surface area contributed by atoms with Gasteiger partial charge in [-0.2, -0.15) is 0 Å². The van der Waals surface area contributed by atoms with Gasteiger partial charge in [-0.25, -0.2) is 0 Å². The standard InChI is InChI=1S/C10H18N2O/c1-8(13)12-4-2-9(3-5-12)10-6-11-7-10/h9-11H,2-7H2,1H3. The monoisotopic (exact) mass is 182 g/mol. The van der Waals surface area contributed by atoms with Crippen LogP contribution in [0.15, 0.2) is 0 Å². The first-order chi connectivity index (χ1) is 6.27. The van der Waals surface area contributed by atoms with Gasteiger partial charge < -0.3 is 10.2 Å². The highest BCUT2D eigenvalue weighted by molar-refractivity contribution is 5.73. The van der Waals surface area contributed by atoms with E-state index in [-0.39, 0.29) is 5.91 Å². The fourth-order valence-electron chi connectivity index (χ4n) is 2.33. The Kier molecular flexibility index (Phi) is 2.54. The topological polar surface area (TPSA) is 32.3 Å². The Morgan fingerprint density at radius 3 is 2.23 bits per heavy atom. The average Bonchev–Trinajstić information content (AvgIpc) is 2.02. The van der Waals surface area contributed by atoms with Crippen LogP contribution >= 0.6 is 0 Å². The highest BCUT2D eigenvalue weighted by Gasteiger charge is 2.30. The smallest absolute Gasteiger partial charge is 0.219 e. The number of carbonyl (C=O) groups excluding carboxylic acids is 1. The number of likely N-dealkylation sites (tertiary alicyclic amines) is 1.